The third-order valence-electron chi connectivity index (χ3n) is 13.2. The molecule has 5 aromatic carbocycles. The van der Waals surface area contributed by atoms with Gasteiger partial charge in [0.15, 0.2) is 0 Å². The van der Waals surface area contributed by atoms with E-state index in [9.17, 15) is 0 Å². The number of thiophene rings is 1. The zero-order valence-corrected chi connectivity index (χ0v) is 32.8. The molecule has 4 aliphatic carbocycles. The highest BCUT2D eigenvalue weighted by Gasteiger charge is 2.38. The second kappa shape index (κ2) is 11.8. The van der Waals surface area contributed by atoms with Gasteiger partial charge in [-0.15, -0.1) is 11.3 Å². The predicted molar refractivity (Wildman–Crippen MR) is 240 cm³/mol. The highest BCUT2D eigenvalue weighted by molar-refractivity contribution is 7.21. The minimum absolute atomic E-state index is 0.0954. The summed E-state index contributed by atoms with van der Waals surface area (Å²) >= 11 is 1.95. The van der Waals surface area contributed by atoms with Crippen molar-refractivity contribution in [2.45, 2.75) is 51.4 Å². The van der Waals surface area contributed by atoms with Crippen LogP contribution in [0, 0.1) is 5.92 Å². The smallest absolute Gasteiger partial charge is 0.0552 e. The predicted octanol–water partition coefficient (Wildman–Crippen LogP) is 12.6. The SMILES string of the molecule is CC1C=c2c(c3c4c(ccc3n2-c2ccccc2C2CC=CC=C2n2c3ccccc3c3c5sc6c(c5ccc32)CC=CC=C6)-c2ccccc2C4(C)C)=CC1. The third kappa shape index (κ3) is 4.32. The van der Waals surface area contributed by atoms with Gasteiger partial charge < -0.3 is 9.13 Å². The van der Waals surface area contributed by atoms with Gasteiger partial charge in [-0.3, -0.25) is 0 Å². The Balaban J connectivity index is 1.10. The lowest BCUT2D eigenvalue weighted by molar-refractivity contribution is 0.666. The highest BCUT2D eigenvalue weighted by atomic mass is 32.1. The van der Waals surface area contributed by atoms with E-state index in [0.29, 0.717) is 5.92 Å². The molecule has 3 heteroatoms. The molecule has 8 aromatic rings. The molecule has 0 bridgehead atoms. The molecule has 0 aliphatic heterocycles. The molecule has 0 saturated heterocycles. The number of hydrogen-bond acceptors (Lipinski definition) is 1. The second-order valence-electron chi connectivity index (χ2n) is 16.8. The molecule has 270 valence electrons. The van der Waals surface area contributed by atoms with E-state index in [1.165, 1.54) is 103 Å². The lowest BCUT2D eigenvalue weighted by Crippen LogP contribution is -2.33. The van der Waals surface area contributed by atoms with E-state index in [-0.39, 0.29) is 11.3 Å². The minimum atomic E-state index is -0.0954. The number of aromatic nitrogens is 2. The quantitative estimate of drug-likeness (QED) is 0.171. The van der Waals surface area contributed by atoms with Crippen molar-refractivity contribution >= 4 is 78.1 Å². The van der Waals surface area contributed by atoms with Crippen LogP contribution in [0.2, 0.25) is 0 Å². The summed E-state index contributed by atoms with van der Waals surface area (Å²) in [6.07, 6.45) is 24.0. The molecule has 0 fully saturated rings. The first-order chi connectivity index (χ1) is 27.5. The molecule has 0 amide bonds. The zero-order valence-electron chi connectivity index (χ0n) is 32.0. The molecule has 12 rings (SSSR count). The van der Waals surface area contributed by atoms with Crippen LogP contribution < -0.4 is 10.6 Å². The number of rotatable bonds is 3. The van der Waals surface area contributed by atoms with Crippen molar-refractivity contribution in [3.8, 4) is 16.8 Å². The highest BCUT2D eigenvalue weighted by Crippen LogP contribution is 2.51. The molecular formula is C53H42N2S. The Morgan fingerprint density at radius 3 is 2.46 bits per heavy atom. The number of benzene rings is 5. The maximum atomic E-state index is 2.62. The van der Waals surface area contributed by atoms with Crippen LogP contribution in [0.25, 0.3) is 83.5 Å². The lowest BCUT2D eigenvalue weighted by atomic mass is 9.80. The summed E-state index contributed by atoms with van der Waals surface area (Å²) in [5.41, 5.74) is 14.9. The maximum absolute atomic E-state index is 2.62. The van der Waals surface area contributed by atoms with E-state index in [0.717, 1.165) is 19.3 Å². The van der Waals surface area contributed by atoms with Gasteiger partial charge in [-0.2, -0.15) is 0 Å². The lowest BCUT2D eigenvalue weighted by Gasteiger charge is -2.27. The summed E-state index contributed by atoms with van der Waals surface area (Å²) in [6, 6.07) is 37.0. The number of hydrogen-bond donors (Lipinski definition) is 0. The third-order valence-corrected chi connectivity index (χ3v) is 14.5. The Morgan fingerprint density at radius 2 is 1.52 bits per heavy atom. The van der Waals surface area contributed by atoms with Gasteiger partial charge in [0.25, 0.3) is 0 Å². The van der Waals surface area contributed by atoms with Crippen LogP contribution in [0.3, 0.4) is 0 Å². The van der Waals surface area contributed by atoms with Crippen LogP contribution in [-0.2, 0) is 11.8 Å². The molecule has 2 atom stereocenters. The van der Waals surface area contributed by atoms with Crippen molar-refractivity contribution in [3.63, 3.8) is 0 Å². The first-order valence-electron chi connectivity index (χ1n) is 20.3. The van der Waals surface area contributed by atoms with Crippen LogP contribution in [0.15, 0.2) is 134 Å². The summed E-state index contributed by atoms with van der Waals surface area (Å²) in [6.45, 7) is 7.22. The molecule has 4 aliphatic rings. The number of allylic oxidation sites excluding steroid dienone is 7. The summed E-state index contributed by atoms with van der Waals surface area (Å²) in [5, 5.41) is 8.24. The first kappa shape index (κ1) is 32.4. The molecule has 0 saturated carbocycles. The standard InChI is InChI=1S/C53H42N2S/c1-32-25-26-40-47(31-32)55(45-29-27-37-33-15-7-11-20-41(33)53(2,3)51(37)49(40)45)43-22-13-9-17-35(43)34-16-8-12-21-42(34)54-44-23-14-10-19-39(44)50-46(54)30-28-38-36-18-5-4-6-24-48(36)56-52(38)50/h4-15,17,19-24,26-32,34H,16,18,25H2,1-3H3. The van der Waals surface area contributed by atoms with Gasteiger partial charge in [0, 0.05) is 48.0 Å². The molecule has 0 radical (unpaired) electrons. The van der Waals surface area contributed by atoms with E-state index in [4.69, 9.17) is 0 Å². The molecule has 0 N–H and O–H groups in total. The Hall–Kier alpha value is -5.90. The average Bonchev–Trinajstić information content (AvgIpc) is 3.86. The fraction of sp³-hybridized carbons (Fsp3) is 0.170. The van der Waals surface area contributed by atoms with E-state index >= 15 is 0 Å². The van der Waals surface area contributed by atoms with E-state index < -0.39 is 0 Å². The Bertz CT molecular complexity index is 3270. The summed E-state index contributed by atoms with van der Waals surface area (Å²) in [5.74, 6) is 0.629. The normalized spacial score (nSPS) is 19.1. The van der Waals surface area contributed by atoms with Crippen LogP contribution in [0.1, 0.15) is 66.7 Å². The Morgan fingerprint density at radius 1 is 0.696 bits per heavy atom. The van der Waals surface area contributed by atoms with Gasteiger partial charge in [0.2, 0.25) is 0 Å². The minimum Gasteiger partial charge on any atom is -0.312 e. The Kier molecular flexibility index (Phi) is 6.82. The van der Waals surface area contributed by atoms with Crippen molar-refractivity contribution in [2.75, 3.05) is 0 Å². The largest absolute Gasteiger partial charge is 0.312 e. The topological polar surface area (TPSA) is 9.86 Å². The molecular weight excluding hydrogens is 697 g/mol. The van der Waals surface area contributed by atoms with Crippen molar-refractivity contribution in [2.24, 2.45) is 5.92 Å². The molecule has 2 unspecified atom stereocenters. The van der Waals surface area contributed by atoms with Crippen molar-refractivity contribution in [1.29, 1.82) is 0 Å². The first-order valence-corrected chi connectivity index (χ1v) is 21.1. The van der Waals surface area contributed by atoms with Gasteiger partial charge >= 0.3 is 0 Å². The molecule has 56 heavy (non-hydrogen) atoms. The van der Waals surface area contributed by atoms with Crippen molar-refractivity contribution < 1.29 is 0 Å². The number of para-hydroxylation sites is 2. The van der Waals surface area contributed by atoms with Crippen molar-refractivity contribution in [1.82, 2.24) is 9.13 Å². The van der Waals surface area contributed by atoms with Gasteiger partial charge in [0.1, 0.15) is 0 Å². The average molecular weight is 739 g/mol. The van der Waals surface area contributed by atoms with Crippen LogP contribution in [-0.4, -0.2) is 9.13 Å². The van der Waals surface area contributed by atoms with Crippen LogP contribution in [0.4, 0.5) is 0 Å². The fourth-order valence-electron chi connectivity index (χ4n) is 10.8. The molecule has 3 aromatic heterocycles. The zero-order chi connectivity index (χ0) is 37.3. The van der Waals surface area contributed by atoms with Crippen molar-refractivity contribution in [3.05, 3.63) is 171 Å². The number of fused-ring (bicyclic) bond motifs is 14. The van der Waals surface area contributed by atoms with Gasteiger partial charge in [-0.25, -0.2) is 0 Å². The van der Waals surface area contributed by atoms with Gasteiger partial charge in [0.05, 0.1) is 27.6 Å². The van der Waals surface area contributed by atoms with Crippen LogP contribution >= 0.6 is 11.3 Å². The monoisotopic (exact) mass is 738 g/mol. The number of nitrogens with zero attached hydrogens (tertiary/aromatic N) is 2. The maximum Gasteiger partial charge on any atom is 0.0552 e. The Labute approximate surface area is 331 Å². The summed E-state index contributed by atoms with van der Waals surface area (Å²) in [7, 11) is 0. The van der Waals surface area contributed by atoms with Gasteiger partial charge in [-0.1, -0.05) is 136 Å². The van der Waals surface area contributed by atoms with E-state index in [1.807, 2.05) is 11.3 Å². The van der Waals surface area contributed by atoms with Gasteiger partial charge in [-0.05, 0) is 100 Å². The van der Waals surface area contributed by atoms with E-state index in [2.05, 4.69) is 182 Å². The van der Waals surface area contributed by atoms with E-state index in [1.54, 1.807) is 0 Å². The summed E-state index contributed by atoms with van der Waals surface area (Å²) < 4.78 is 6.61. The fourth-order valence-corrected chi connectivity index (χ4v) is 12.1. The molecule has 2 nitrogen and oxygen atoms in total. The molecule has 0 spiro atoms. The molecule has 3 heterocycles. The summed E-state index contributed by atoms with van der Waals surface area (Å²) in [4.78, 5) is 1.38. The second-order valence-corrected chi connectivity index (χ2v) is 17.8. The van der Waals surface area contributed by atoms with Crippen LogP contribution in [0.5, 0.6) is 0 Å².